The minimum Gasteiger partial charge on any atom is -0.480 e. The van der Waals surface area contributed by atoms with Crippen LogP contribution in [0.1, 0.15) is 13.3 Å². The molecule has 0 aliphatic carbocycles. The molecule has 0 fully saturated rings. The third-order valence-electron chi connectivity index (χ3n) is 1.76. The van der Waals surface area contributed by atoms with Crippen LogP contribution in [0.3, 0.4) is 0 Å². The van der Waals surface area contributed by atoms with E-state index in [1.165, 1.54) is 12.2 Å². The van der Waals surface area contributed by atoms with E-state index in [1.54, 1.807) is 19.1 Å². The first-order chi connectivity index (χ1) is 8.01. The lowest BCUT2D eigenvalue weighted by Gasteiger charge is -2.11. The minimum atomic E-state index is -1.29. The highest BCUT2D eigenvalue weighted by Gasteiger charge is 2.22. The van der Waals surface area contributed by atoms with E-state index < -0.39 is 30.3 Å². The summed E-state index contributed by atoms with van der Waals surface area (Å²) >= 11 is 0. The number of aliphatic carboxylic acids is 1. The Morgan fingerprint density at radius 3 is 2.47 bits per heavy atom. The highest BCUT2D eigenvalue weighted by Crippen LogP contribution is 1.95. The van der Waals surface area contributed by atoms with E-state index in [0.717, 1.165) is 7.11 Å². The Hall–Kier alpha value is -2.11. The predicted molar refractivity (Wildman–Crippen MR) is 60.2 cm³/mol. The molecule has 0 bridgehead atoms. The quantitative estimate of drug-likeness (QED) is 0.395. The lowest BCUT2D eigenvalue weighted by Crippen LogP contribution is -2.41. The number of ether oxygens (including phenoxy) is 1. The van der Waals surface area contributed by atoms with Crippen LogP contribution in [0, 0.1) is 0 Å². The van der Waals surface area contributed by atoms with Crippen molar-refractivity contribution in [2.45, 2.75) is 19.4 Å². The number of carbonyl (C=O) groups excluding carboxylic acids is 2. The number of hydrogen-bond donors (Lipinski definition) is 2. The molecule has 1 amide bonds. The lowest BCUT2D eigenvalue weighted by atomic mass is 10.2. The Bertz CT molecular complexity index is 346. The predicted octanol–water partition coefficient (Wildman–Crippen LogP) is 0.251. The van der Waals surface area contributed by atoms with Gasteiger partial charge in [-0.2, -0.15) is 0 Å². The van der Waals surface area contributed by atoms with Crippen LogP contribution in [-0.4, -0.2) is 36.1 Å². The third kappa shape index (κ3) is 6.88. The lowest BCUT2D eigenvalue weighted by molar-refractivity contribution is -0.148. The van der Waals surface area contributed by atoms with Gasteiger partial charge in [-0.25, -0.2) is 4.79 Å². The molecule has 0 aromatic rings. The van der Waals surface area contributed by atoms with Crippen LogP contribution in [0.5, 0.6) is 0 Å². The van der Waals surface area contributed by atoms with Crippen LogP contribution in [-0.2, 0) is 19.1 Å². The topological polar surface area (TPSA) is 92.7 Å². The molecule has 0 saturated carbocycles. The van der Waals surface area contributed by atoms with Crippen molar-refractivity contribution in [3.05, 3.63) is 24.3 Å². The maximum absolute atomic E-state index is 11.3. The van der Waals surface area contributed by atoms with Gasteiger partial charge in [-0.05, 0) is 6.92 Å². The standard InChI is InChI=1S/C11H15NO5/c1-3-4-5-6-9(13)12-8(11(15)16)7-10(14)17-2/h3-6,8H,7H2,1-2H3,(H,12,13)(H,15,16)/t8-/m0/s1. The van der Waals surface area contributed by atoms with Crippen molar-refractivity contribution in [2.24, 2.45) is 0 Å². The molecule has 6 heteroatoms. The Morgan fingerprint density at radius 2 is 2.00 bits per heavy atom. The summed E-state index contributed by atoms with van der Waals surface area (Å²) in [7, 11) is 1.15. The second-order valence-electron chi connectivity index (χ2n) is 3.06. The molecule has 6 nitrogen and oxygen atoms in total. The van der Waals surface area contributed by atoms with Crippen LogP contribution in [0.25, 0.3) is 0 Å². The van der Waals surface area contributed by atoms with E-state index in [2.05, 4.69) is 10.1 Å². The number of carbonyl (C=O) groups is 3. The van der Waals surface area contributed by atoms with Crippen LogP contribution in [0.2, 0.25) is 0 Å². The fourth-order valence-electron chi connectivity index (χ4n) is 0.924. The third-order valence-corrected chi connectivity index (χ3v) is 1.76. The highest BCUT2D eigenvalue weighted by molar-refractivity contribution is 5.92. The first kappa shape index (κ1) is 14.9. The van der Waals surface area contributed by atoms with E-state index >= 15 is 0 Å². The van der Waals surface area contributed by atoms with Crippen LogP contribution in [0.4, 0.5) is 0 Å². The van der Waals surface area contributed by atoms with Crippen molar-refractivity contribution in [2.75, 3.05) is 7.11 Å². The fraction of sp³-hybridized carbons (Fsp3) is 0.364. The normalized spacial score (nSPS) is 12.6. The van der Waals surface area contributed by atoms with E-state index in [9.17, 15) is 14.4 Å². The SMILES string of the molecule is CC=CC=CC(=O)N[C@@H](CC(=O)OC)C(=O)O. The first-order valence-electron chi connectivity index (χ1n) is 4.90. The minimum absolute atomic E-state index is 0.408. The average molecular weight is 241 g/mol. The number of amides is 1. The Kier molecular flexibility index (Phi) is 7.09. The molecule has 0 heterocycles. The molecule has 0 aromatic heterocycles. The summed E-state index contributed by atoms with van der Waals surface area (Å²) in [5.41, 5.74) is 0. The number of esters is 1. The summed E-state index contributed by atoms with van der Waals surface area (Å²) in [4.78, 5) is 32.9. The fourth-order valence-corrected chi connectivity index (χ4v) is 0.924. The second-order valence-corrected chi connectivity index (χ2v) is 3.06. The van der Waals surface area contributed by atoms with Gasteiger partial charge < -0.3 is 15.2 Å². The van der Waals surface area contributed by atoms with E-state index in [1.807, 2.05) is 0 Å². The van der Waals surface area contributed by atoms with Gasteiger partial charge in [0.25, 0.3) is 0 Å². The molecule has 1 atom stereocenters. The molecule has 0 aromatic carbocycles. The maximum Gasteiger partial charge on any atom is 0.326 e. The molecule has 94 valence electrons. The number of carboxylic acid groups (broad SMARTS) is 1. The number of allylic oxidation sites excluding steroid dienone is 3. The van der Waals surface area contributed by atoms with Gasteiger partial charge >= 0.3 is 11.9 Å². The molecule has 0 spiro atoms. The van der Waals surface area contributed by atoms with E-state index in [-0.39, 0.29) is 0 Å². The number of nitrogens with one attached hydrogen (secondary N) is 1. The number of rotatable bonds is 6. The molecule has 2 N–H and O–H groups in total. The van der Waals surface area contributed by atoms with Gasteiger partial charge in [0.1, 0.15) is 6.04 Å². The molecule has 0 unspecified atom stereocenters. The summed E-state index contributed by atoms with van der Waals surface area (Å²) in [6.07, 6.45) is 5.57. The maximum atomic E-state index is 11.3. The van der Waals surface area contributed by atoms with Crippen molar-refractivity contribution in [3.8, 4) is 0 Å². The van der Waals surface area contributed by atoms with Gasteiger partial charge in [0.15, 0.2) is 0 Å². The second kappa shape index (κ2) is 8.09. The van der Waals surface area contributed by atoms with Gasteiger partial charge in [0.2, 0.25) is 5.91 Å². The van der Waals surface area contributed by atoms with Gasteiger partial charge in [-0.15, -0.1) is 0 Å². The summed E-state index contributed by atoms with van der Waals surface area (Å²) in [6.45, 7) is 1.78. The van der Waals surface area contributed by atoms with Gasteiger partial charge in [-0.1, -0.05) is 18.2 Å². The van der Waals surface area contributed by atoms with Crippen LogP contribution >= 0.6 is 0 Å². The monoisotopic (exact) mass is 241 g/mol. The highest BCUT2D eigenvalue weighted by atomic mass is 16.5. The summed E-state index contributed by atoms with van der Waals surface area (Å²) in [6, 6.07) is -1.29. The van der Waals surface area contributed by atoms with Crippen molar-refractivity contribution in [3.63, 3.8) is 0 Å². The molecule has 0 rings (SSSR count). The zero-order valence-electron chi connectivity index (χ0n) is 9.67. The molecule has 17 heavy (non-hydrogen) atoms. The Labute approximate surface area is 99.0 Å². The van der Waals surface area contributed by atoms with Crippen LogP contribution in [0.15, 0.2) is 24.3 Å². The molecule has 0 aliphatic rings. The molecule has 0 saturated heterocycles. The number of carboxylic acids is 1. The number of methoxy groups -OCH3 is 1. The van der Waals surface area contributed by atoms with Crippen molar-refractivity contribution >= 4 is 17.8 Å². The Morgan fingerprint density at radius 1 is 1.35 bits per heavy atom. The molecule has 0 radical (unpaired) electrons. The zero-order valence-corrected chi connectivity index (χ0v) is 9.67. The number of hydrogen-bond acceptors (Lipinski definition) is 4. The summed E-state index contributed by atoms with van der Waals surface area (Å²) in [5.74, 6) is -2.57. The summed E-state index contributed by atoms with van der Waals surface area (Å²) in [5, 5.41) is 11.0. The Balaban J connectivity index is 4.40. The zero-order chi connectivity index (χ0) is 13.3. The van der Waals surface area contributed by atoms with Crippen LogP contribution < -0.4 is 5.32 Å². The first-order valence-corrected chi connectivity index (χ1v) is 4.90. The van der Waals surface area contributed by atoms with E-state index in [0.29, 0.717) is 0 Å². The smallest absolute Gasteiger partial charge is 0.326 e. The molecular weight excluding hydrogens is 226 g/mol. The van der Waals surface area contributed by atoms with Gasteiger partial charge in [0.05, 0.1) is 13.5 Å². The van der Waals surface area contributed by atoms with E-state index in [4.69, 9.17) is 5.11 Å². The van der Waals surface area contributed by atoms with Crippen molar-refractivity contribution in [1.29, 1.82) is 0 Å². The summed E-state index contributed by atoms with van der Waals surface area (Å²) < 4.78 is 4.33. The molecular formula is C11H15NO5. The largest absolute Gasteiger partial charge is 0.480 e. The van der Waals surface area contributed by atoms with Gasteiger partial charge in [-0.3, -0.25) is 9.59 Å². The van der Waals surface area contributed by atoms with Crippen molar-refractivity contribution < 1.29 is 24.2 Å². The average Bonchev–Trinajstić information content (AvgIpc) is 2.28. The molecule has 0 aliphatic heterocycles. The van der Waals surface area contributed by atoms with Crippen molar-refractivity contribution in [1.82, 2.24) is 5.32 Å². The van der Waals surface area contributed by atoms with Gasteiger partial charge in [0, 0.05) is 6.08 Å².